The molecule has 0 spiro atoms. The van der Waals surface area contributed by atoms with Crippen LogP contribution in [0.2, 0.25) is 12.6 Å². The second-order valence-corrected chi connectivity index (χ2v) is 9.36. The molecule has 0 fully saturated rings. The Labute approximate surface area is 106 Å². The van der Waals surface area contributed by atoms with E-state index in [0.717, 1.165) is 6.42 Å². The van der Waals surface area contributed by atoms with Gasteiger partial charge < -0.3 is 0 Å². The van der Waals surface area contributed by atoms with Gasteiger partial charge in [-0.1, -0.05) is 85.8 Å². The molecule has 0 N–H and O–H groups in total. The standard InChI is InChI=1S/C16H21Si/c1-4-14-10-9-13-16(14)17(3,5-2)15-11-7-6-8-12-15/h6-13H,4-5H2,1-3H3. The van der Waals surface area contributed by atoms with Crippen molar-refractivity contribution in [1.29, 1.82) is 0 Å². The van der Waals surface area contributed by atoms with Crippen molar-refractivity contribution >= 4 is 13.3 Å². The monoisotopic (exact) mass is 241 g/mol. The van der Waals surface area contributed by atoms with Crippen LogP contribution in [-0.4, -0.2) is 8.07 Å². The van der Waals surface area contributed by atoms with E-state index in [1.54, 1.807) is 16.3 Å². The molecule has 89 valence electrons. The van der Waals surface area contributed by atoms with E-state index in [-0.39, 0.29) is 0 Å². The summed E-state index contributed by atoms with van der Waals surface area (Å²) in [6.45, 7) is 7.09. The fourth-order valence-electron chi connectivity index (χ4n) is 2.66. The smallest absolute Gasteiger partial charge is 0.0757 e. The molecular weight excluding hydrogens is 220 g/mol. The summed E-state index contributed by atoms with van der Waals surface area (Å²) >= 11 is 0. The van der Waals surface area contributed by atoms with Crippen molar-refractivity contribution in [2.75, 3.05) is 0 Å². The highest BCUT2D eigenvalue weighted by Gasteiger charge is 2.38. The van der Waals surface area contributed by atoms with Crippen molar-refractivity contribution in [1.82, 2.24) is 0 Å². The Morgan fingerprint density at radius 1 is 1.06 bits per heavy atom. The minimum atomic E-state index is -1.49. The van der Waals surface area contributed by atoms with Crippen LogP contribution in [0.25, 0.3) is 0 Å². The maximum absolute atomic E-state index is 2.50. The Balaban J connectivity index is 2.39. The Bertz CT molecular complexity index is 430. The van der Waals surface area contributed by atoms with E-state index in [1.165, 1.54) is 6.04 Å². The van der Waals surface area contributed by atoms with Gasteiger partial charge in [0.1, 0.15) is 0 Å². The first kappa shape index (κ1) is 12.4. The fraction of sp³-hybridized carbons (Fsp3) is 0.312. The summed E-state index contributed by atoms with van der Waals surface area (Å²) in [5.74, 6) is 0. The molecule has 1 aromatic carbocycles. The van der Waals surface area contributed by atoms with Crippen LogP contribution >= 0.6 is 0 Å². The molecule has 0 bridgehead atoms. The summed E-state index contributed by atoms with van der Waals surface area (Å²) < 4.78 is 0. The van der Waals surface area contributed by atoms with Crippen LogP contribution in [0.1, 0.15) is 20.3 Å². The van der Waals surface area contributed by atoms with Crippen LogP contribution in [-0.2, 0) is 0 Å². The first-order chi connectivity index (χ1) is 8.22. The van der Waals surface area contributed by atoms with Crippen molar-refractivity contribution in [2.24, 2.45) is 0 Å². The normalized spacial score (nSPS) is 19.1. The van der Waals surface area contributed by atoms with Crippen LogP contribution in [0, 0.1) is 5.54 Å². The summed E-state index contributed by atoms with van der Waals surface area (Å²) in [5, 5.41) is 1.56. The highest BCUT2D eigenvalue weighted by molar-refractivity contribution is 6.96. The third-order valence-electron chi connectivity index (χ3n) is 4.00. The summed E-state index contributed by atoms with van der Waals surface area (Å²) in [6.07, 6.45) is 8.01. The lowest BCUT2D eigenvalue weighted by atomic mass is 10.2. The van der Waals surface area contributed by atoms with E-state index >= 15 is 0 Å². The van der Waals surface area contributed by atoms with Crippen LogP contribution < -0.4 is 5.19 Å². The molecule has 1 unspecified atom stereocenters. The molecule has 1 radical (unpaired) electrons. The predicted molar refractivity (Wildman–Crippen MR) is 78.9 cm³/mol. The van der Waals surface area contributed by atoms with Gasteiger partial charge in [0.2, 0.25) is 0 Å². The van der Waals surface area contributed by atoms with Crippen LogP contribution in [0.3, 0.4) is 0 Å². The maximum atomic E-state index is 2.50. The summed E-state index contributed by atoms with van der Waals surface area (Å²) in [5.41, 5.74) is 3.18. The molecule has 0 heterocycles. The number of allylic oxidation sites excluding steroid dienone is 4. The quantitative estimate of drug-likeness (QED) is 0.699. The molecule has 0 nitrogen and oxygen atoms in total. The molecule has 1 aromatic rings. The van der Waals surface area contributed by atoms with Crippen molar-refractivity contribution in [2.45, 2.75) is 32.9 Å². The van der Waals surface area contributed by atoms with Gasteiger partial charge in [-0.2, -0.15) is 0 Å². The summed E-state index contributed by atoms with van der Waals surface area (Å²) in [6, 6.07) is 12.3. The number of hydrogen-bond acceptors (Lipinski definition) is 0. The van der Waals surface area contributed by atoms with E-state index in [9.17, 15) is 0 Å². The van der Waals surface area contributed by atoms with E-state index in [1.807, 2.05) is 0 Å². The second-order valence-electron chi connectivity index (χ2n) is 4.87. The topological polar surface area (TPSA) is 0 Å². The average molecular weight is 241 g/mol. The van der Waals surface area contributed by atoms with Crippen molar-refractivity contribution < 1.29 is 0 Å². The highest BCUT2D eigenvalue weighted by atomic mass is 28.3. The summed E-state index contributed by atoms with van der Waals surface area (Å²) in [4.78, 5) is 0. The van der Waals surface area contributed by atoms with Gasteiger partial charge in [-0.15, -0.1) is 0 Å². The van der Waals surface area contributed by atoms with Gasteiger partial charge in [-0.3, -0.25) is 0 Å². The zero-order valence-electron chi connectivity index (χ0n) is 11.0. The lowest BCUT2D eigenvalue weighted by Gasteiger charge is -2.33. The Morgan fingerprint density at radius 2 is 1.76 bits per heavy atom. The van der Waals surface area contributed by atoms with Crippen molar-refractivity contribution in [3.63, 3.8) is 0 Å². The molecule has 2 rings (SSSR count). The lowest BCUT2D eigenvalue weighted by molar-refractivity contribution is 1.10. The Kier molecular flexibility index (Phi) is 3.68. The minimum Gasteiger partial charge on any atom is -0.0757 e. The van der Waals surface area contributed by atoms with Gasteiger partial charge in [0.15, 0.2) is 0 Å². The summed E-state index contributed by atoms with van der Waals surface area (Å²) in [7, 11) is -1.49. The highest BCUT2D eigenvalue weighted by Crippen LogP contribution is 2.35. The fourth-order valence-corrected chi connectivity index (χ4v) is 6.12. The molecule has 1 aliphatic rings. The molecule has 0 saturated heterocycles. The molecule has 0 aromatic heterocycles. The minimum absolute atomic E-state index is 1.15. The van der Waals surface area contributed by atoms with Gasteiger partial charge in [-0.05, 0) is 6.42 Å². The second kappa shape index (κ2) is 5.05. The SMILES string of the molecule is CCC1=CC=C[C]1[Si](C)(CC)c1ccccc1. The molecule has 1 atom stereocenters. The molecule has 0 amide bonds. The number of rotatable bonds is 4. The van der Waals surface area contributed by atoms with Gasteiger partial charge in [0.05, 0.1) is 8.07 Å². The van der Waals surface area contributed by atoms with E-state index in [0.29, 0.717) is 0 Å². The van der Waals surface area contributed by atoms with Gasteiger partial charge in [0.25, 0.3) is 0 Å². The van der Waals surface area contributed by atoms with Crippen LogP contribution in [0.5, 0.6) is 0 Å². The van der Waals surface area contributed by atoms with E-state index in [4.69, 9.17) is 0 Å². The van der Waals surface area contributed by atoms with E-state index in [2.05, 4.69) is 69.0 Å². The molecule has 17 heavy (non-hydrogen) atoms. The number of benzene rings is 1. The third kappa shape index (κ3) is 2.16. The Hall–Kier alpha value is -1.08. The Morgan fingerprint density at radius 3 is 2.35 bits per heavy atom. The zero-order valence-corrected chi connectivity index (χ0v) is 12.0. The molecule has 0 aliphatic heterocycles. The van der Waals surface area contributed by atoms with Crippen molar-refractivity contribution in [3.05, 3.63) is 59.7 Å². The maximum Gasteiger partial charge on any atom is 0.0989 e. The van der Waals surface area contributed by atoms with Crippen LogP contribution in [0.4, 0.5) is 0 Å². The first-order valence-electron chi connectivity index (χ1n) is 6.53. The van der Waals surface area contributed by atoms with Gasteiger partial charge in [0, 0.05) is 5.54 Å². The third-order valence-corrected chi connectivity index (χ3v) is 8.70. The van der Waals surface area contributed by atoms with Gasteiger partial charge in [-0.25, -0.2) is 0 Å². The molecule has 0 saturated carbocycles. The first-order valence-corrected chi connectivity index (χ1v) is 9.23. The molecule has 1 aliphatic carbocycles. The predicted octanol–water partition coefficient (Wildman–Crippen LogP) is 4.01. The zero-order chi connectivity index (χ0) is 12.3. The van der Waals surface area contributed by atoms with E-state index < -0.39 is 8.07 Å². The molecule has 1 heteroatoms. The van der Waals surface area contributed by atoms with Gasteiger partial charge >= 0.3 is 0 Å². The largest absolute Gasteiger partial charge is 0.0989 e. The van der Waals surface area contributed by atoms with Crippen molar-refractivity contribution in [3.8, 4) is 0 Å². The number of hydrogen-bond donors (Lipinski definition) is 0. The molecular formula is C16H21Si. The van der Waals surface area contributed by atoms with Crippen LogP contribution in [0.15, 0.2) is 54.1 Å². The lowest BCUT2D eigenvalue weighted by Crippen LogP contribution is -2.49. The average Bonchev–Trinajstić information content (AvgIpc) is 2.87.